The molecule has 0 aromatic heterocycles. The molecule has 1 aromatic rings. The van der Waals surface area contributed by atoms with Crippen molar-refractivity contribution in [1.29, 1.82) is 5.26 Å². The zero-order chi connectivity index (χ0) is 13.0. The van der Waals surface area contributed by atoms with Crippen LogP contribution in [0.15, 0.2) is 24.8 Å². The zero-order valence-corrected chi connectivity index (χ0v) is 8.96. The van der Waals surface area contributed by atoms with Crippen molar-refractivity contribution in [2.45, 2.75) is 12.5 Å². The number of phenols is 1. The van der Waals surface area contributed by atoms with Crippen LogP contribution in [0.4, 0.5) is 5.69 Å². The molecule has 1 atom stereocenters. The number of nitro benzene ring substituents is 1. The lowest BCUT2D eigenvalue weighted by molar-refractivity contribution is -0.386. The lowest BCUT2D eigenvalue weighted by Gasteiger charge is -2.11. The summed E-state index contributed by atoms with van der Waals surface area (Å²) in [5, 5.41) is 29.2. The molecule has 3 N–H and O–H groups in total. The van der Waals surface area contributed by atoms with E-state index >= 15 is 0 Å². The topological polar surface area (TPSA) is 113 Å². The SMILES string of the molecule is C=CC[C@H](N)c1cc(C#N)cc([N+](=O)[O-])c1O. The molecule has 0 spiro atoms. The van der Waals surface area contributed by atoms with Gasteiger partial charge in [-0.2, -0.15) is 5.26 Å². The van der Waals surface area contributed by atoms with Crippen LogP contribution in [0.3, 0.4) is 0 Å². The third-order valence-corrected chi connectivity index (χ3v) is 2.27. The van der Waals surface area contributed by atoms with Gasteiger partial charge in [-0.15, -0.1) is 6.58 Å². The van der Waals surface area contributed by atoms with Crippen molar-refractivity contribution in [3.05, 3.63) is 46.0 Å². The first-order valence-corrected chi connectivity index (χ1v) is 4.79. The first-order chi connectivity index (χ1) is 8.01. The van der Waals surface area contributed by atoms with Gasteiger partial charge in [0, 0.05) is 17.7 Å². The van der Waals surface area contributed by atoms with Crippen molar-refractivity contribution < 1.29 is 10.0 Å². The minimum absolute atomic E-state index is 0.0870. The second-order valence-electron chi connectivity index (χ2n) is 3.43. The van der Waals surface area contributed by atoms with Crippen LogP contribution in [0.2, 0.25) is 0 Å². The standard InChI is InChI=1S/C11H11N3O3/c1-2-3-9(13)8-4-7(6-12)5-10(11(8)15)14(16)17/h2,4-5,9,15H,1,3,13H2/t9-/m0/s1. The van der Waals surface area contributed by atoms with E-state index in [0.717, 1.165) is 6.07 Å². The molecule has 0 saturated heterocycles. The molecule has 0 heterocycles. The second-order valence-corrected chi connectivity index (χ2v) is 3.43. The van der Waals surface area contributed by atoms with Crippen molar-refractivity contribution in [2.75, 3.05) is 0 Å². The van der Waals surface area contributed by atoms with Crippen molar-refractivity contribution in [3.8, 4) is 11.8 Å². The Bertz CT molecular complexity index is 505. The minimum atomic E-state index is -0.750. The van der Waals surface area contributed by atoms with Gasteiger partial charge in [0.1, 0.15) is 0 Å². The van der Waals surface area contributed by atoms with Crippen LogP contribution >= 0.6 is 0 Å². The summed E-state index contributed by atoms with van der Waals surface area (Å²) in [5.74, 6) is -0.497. The minimum Gasteiger partial charge on any atom is -0.502 e. The highest BCUT2D eigenvalue weighted by Crippen LogP contribution is 2.35. The molecule has 0 aliphatic rings. The summed E-state index contributed by atoms with van der Waals surface area (Å²) in [6.07, 6.45) is 1.88. The van der Waals surface area contributed by atoms with Crippen LogP contribution in [-0.4, -0.2) is 10.0 Å². The van der Waals surface area contributed by atoms with E-state index in [-0.39, 0.29) is 11.1 Å². The maximum Gasteiger partial charge on any atom is 0.312 e. The molecule has 0 bridgehead atoms. The fraction of sp³-hybridized carbons (Fsp3) is 0.182. The molecule has 1 aromatic carbocycles. The summed E-state index contributed by atoms with van der Waals surface area (Å²) >= 11 is 0. The van der Waals surface area contributed by atoms with Crippen LogP contribution in [-0.2, 0) is 0 Å². The molecule has 0 unspecified atom stereocenters. The monoisotopic (exact) mass is 233 g/mol. The Kier molecular flexibility index (Phi) is 3.80. The first kappa shape index (κ1) is 12.7. The predicted octanol–water partition coefficient (Wildman–Crippen LogP) is 1.75. The molecule has 0 saturated carbocycles. The number of rotatable bonds is 4. The van der Waals surface area contributed by atoms with E-state index in [2.05, 4.69) is 6.58 Å². The number of benzene rings is 1. The molecule has 0 amide bonds. The maximum absolute atomic E-state index is 10.7. The average molecular weight is 233 g/mol. The van der Waals surface area contributed by atoms with E-state index in [0.29, 0.717) is 6.42 Å². The van der Waals surface area contributed by atoms with E-state index < -0.39 is 22.4 Å². The van der Waals surface area contributed by atoms with Crippen molar-refractivity contribution in [3.63, 3.8) is 0 Å². The molecule has 17 heavy (non-hydrogen) atoms. The number of aromatic hydroxyl groups is 1. The Labute approximate surface area is 97.7 Å². The molecule has 0 radical (unpaired) electrons. The van der Waals surface area contributed by atoms with Gasteiger partial charge in [-0.25, -0.2) is 0 Å². The van der Waals surface area contributed by atoms with E-state index in [9.17, 15) is 15.2 Å². The molecule has 88 valence electrons. The van der Waals surface area contributed by atoms with E-state index in [4.69, 9.17) is 11.0 Å². The summed E-state index contributed by atoms with van der Waals surface area (Å²) in [4.78, 5) is 9.95. The fourth-order valence-corrected chi connectivity index (χ4v) is 1.43. The maximum atomic E-state index is 10.7. The molecule has 6 heteroatoms. The Morgan fingerprint density at radius 1 is 1.71 bits per heavy atom. The fourth-order valence-electron chi connectivity index (χ4n) is 1.43. The smallest absolute Gasteiger partial charge is 0.312 e. The van der Waals surface area contributed by atoms with Crippen molar-refractivity contribution in [2.24, 2.45) is 5.73 Å². The molecule has 6 nitrogen and oxygen atoms in total. The number of hydrogen-bond acceptors (Lipinski definition) is 5. The van der Waals surface area contributed by atoms with Gasteiger partial charge in [0.2, 0.25) is 0 Å². The summed E-state index contributed by atoms with van der Waals surface area (Å²) in [5.41, 5.74) is 5.48. The Morgan fingerprint density at radius 2 is 2.35 bits per heavy atom. The van der Waals surface area contributed by atoms with Gasteiger partial charge < -0.3 is 10.8 Å². The summed E-state index contributed by atoms with van der Waals surface area (Å²) in [6.45, 7) is 3.50. The third-order valence-electron chi connectivity index (χ3n) is 2.27. The number of nitro groups is 1. The summed E-state index contributed by atoms with van der Waals surface area (Å²) in [7, 11) is 0. The number of hydrogen-bond donors (Lipinski definition) is 2. The van der Waals surface area contributed by atoms with Crippen LogP contribution in [0.1, 0.15) is 23.6 Å². The van der Waals surface area contributed by atoms with Gasteiger partial charge in [0.15, 0.2) is 5.75 Å². The van der Waals surface area contributed by atoms with Gasteiger partial charge in [0.25, 0.3) is 0 Å². The molecule has 0 fully saturated rings. The van der Waals surface area contributed by atoms with Gasteiger partial charge >= 0.3 is 5.69 Å². The molecule has 0 aliphatic heterocycles. The summed E-state index contributed by atoms with van der Waals surface area (Å²) in [6, 6.07) is 3.52. The van der Waals surface area contributed by atoms with Gasteiger partial charge in [0.05, 0.1) is 16.6 Å². The Balaban J connectivity index is 3.39. The normalized spacial score (nSPS) is 11.5. The van der Waals surface area contributed by atoms with Gasteiger partial charge in [-0.1, -0.05) is 6.08 Å². The van der Waals surface area contributed by atoms with Gasteiger partial charge in [-0.05, 0) is 12.5 Å². The average Bonchev–Trinajstić information content (AvgIpc) is 2.29. The predicted molar refractivity (Wildman–Crippen MR) is 61.2 cm³/mol. The van der Waals surface area contributed by atoms with Crippen molar-refractivity contribution >= 4 is 5.69 Å². The third kappa shape index (κ3) is 2.59. The first-order valence-electron chi connectivity index (χ1n) is 4.79. The second kappa shape index (κ2) is 5.09. The van der Waals surface area contributed by atoms with Crippen LogP contribution in [0, 0.1) is 21.4 Å². The highest BCUT2D eigenvalue weighted by Gasteiger charge is 2.22. The lowest BCUT2D eigenvalue weighted by atomic mass is 10.00. The quantitative estimate of drug-likeness (QED) is 0.467. The number of phenolic OH excluding ortho intramolecular Hbond substituents is 1. The highest BCUT2D eigenvalue weighted by molar-refractivity contribution is 5.57. The van der Waals surface area contributed by atoms with Crippen LogP contribution in [0.5, 0.6) is 5.75 Å². The number of nitrogens with zero attached hydrogens (tertiary/aromatic N) is 2. The Hall–Kier alpha value is -2.39. The molecule has 1 rings (SSSR count). The van der Waals surface area contributed by atoms with Crippen LogP contribution in [0.25, 0.3) is 0 Å². The summed E-state index contributed by atoms with van der Waals surface area (Å²) < 4.78 is 0. The number of nitriles is 1. The van der Waals surface area contributed by atoms with E-state index in [1.54, 1.807) is 6.07 Å². The van der Waals surface area contributed by atoms with Crippen molar-refractivity contribution in [1.82, 2.24) is 0 Å². The molecule has 0 aliphatic carbocycles. The number of nitrogens with two attached hydrogens (primary N) is 1. The molecular formula is C11H11N3O3. The van der Waals surface area contributed by atoms with Gasteiger partial charge in [-0.3, -0.25) is 10.1 Å². The van der Waals surface area contributed by atoms with E-state index in [1.165, 1.54) is 12.1 Å². The highest BCUT2D eigenvalue weighted by atomic mass is 16.6. The lowest BCUT2D eigenvalue weighted by Crippen LogP contribution is -2.10. The largest absolute Gasteiger partial charge is 0.502 e. The zero-order valence-electron chi connectivity index (χ0n) is 8.96. The Morgan fingerprint density at radius 3 is 2.82 bits per heavy atom. The molecular weight excluding hydrogens is 222 g/mol. The van der Waals surface area contributed by atoms with E-state index in [1.807, 2.05) is 0 Å². The van der Waals surface area contributed by atoms with Crippen LogP contribution < -0.4 is 5.73 Å².